The Morgan fingerprint density at radius 1 is 1.06 bits per heavy atom. The SMILES string of the molecule is CCCc1nc(SCC(=O)Nc2ccc(C)c(NC(=O)CC)c2)c2c(C)c(C)sc2n1. The van der Waals surface area contributed by atoms with Crippen LogP contribution in [0, 0.1) is 20.8 Å². The number of aromatic nitrogens is 2. The van der Waals surface area contributed by atoms with E-state index in [9.17, 15) is 9.59 Å². The van der Waals surface area contributed by atoms with Crippen LogP contribution in [0.25, 0.3) is 10.2 Å². The van der Waals surface area contributed by atoms with Crippen LogP contribution in [0.15, 0.2) is 23.2 Å². The van der Waals surface area contributed by atoms with E-state index in [1.807, 2.05) is 19.1 Å². The number of carbonyl (C=O) groups is 2. The second kappa shape index (κ2) is 10.2. The Balaban J connectivity index is 1.74. The van der Waals surface area contributed by atoms with Crippen molar-refractivity contribution in [2.45, 2.75) is 58.9 Å². The van der Waals surface area contributed by atoms with Crippen LogP contribution in [-0.4, -0.2) is 27.5 Å². The van der Waals surface area contributed by atoms with Crippen LogP contribution in [0.1, 0.15) is 48.5 Å². The second-order valence-corrected chi connectivity index (χ2v) is 9.59. The third-order valence-corrected chi connectivity index (χ3v) is 7.05. The van der Waals surface area contributed by atoms with E-state index in [0.29, 0.717) is 17.8 Å². The second-order valence-electron chi connectivity index (χ2n) is 7.43. The van der Waals surface area contributed by atoms with Crippen molar-refractivity contribution in [2.24, 2.45) is 0 Å². The summed E-state index contributed by atoms with van der Waals surface area (Å²) >= 11 is 3.12. The Morgan fingerprint density at radius 3 is 2.55 bits per heavy atom. The van der Waals surface area contributed by atoms with Gasteiger partial charge < -0.3 is 10.6 Å². The zero-order valence-electron chi connectivity index (χ0n) is 18.6. The van der Waals surface area contributed by atoms with E-state index in [1.165, 1.54) is 22.2 Å². The number of anilines is 2. The number of nitrogens with zero attached hydrogens (tertiary/aromatic N) is 2. The van der Waals surface area contributed by atoms with E-state index >= 15 is 0 Å². The van der Waals surface area contributed by atoms with Crippen LogP contribution in [0.4, 0.5) is 11.4 Å². The molecule has 0 atom stereocenters. The minimum atomic E-state index is -0.116. The number of amides is 2. The molecule has 0 bridgehead atoms. The van der Waals surface area contributed by atoms with Crippen molar-refractivity contribution in [2.75, 3.05) is 16.4 Å². The molecule has 1 aromatic carbocycles. The zero-order chi connectivity index (χ0) is 22.5. The topological polar surface area (TPSA) is 84.0 Å². The molecule has 2 aromatic heterocycles. The van der Waals surface area contributed by atoms with Crippen molar-refractivity contribution in [1.82, 2.24) is 9.97 Å². The van der Waals surface area contributed by atoms with Gasteiger partial charge in [0.05, 0.1) is 5.75 Å². The van der Waals surface area contributed by atoms with Gasteiger partial charge in [0.1, 0.15) is 15.7 Å². The van der Waals surface area contributed by atoms with Crippen LogP contribution in [0.2, 0.25) is 0 Å². The highest BCUT2D eigenvalue weighted by molar-refractivity contribution is 8.00. The number of aryl methyl sites for hydroxylation is 4. The van der Waals surface area contributed by atoms with Crippen molar-refractivity contribution >= 4 is 56.5 Å². The van der Waals surface area contributed by atoms with E-state index in [4.69, 9.17) is 9.97 Å². The molecular weight excluding hydrogens is 428 g/mol. The summed E-state index contributed by atoms with van der Waals surface area (Å²) in [6.45, 7) is 10.0. The maximum atomic E-state index is 12.6. The predicted molar refractivity (Wildman–Crippen MR) is 130 cm³/mol. The summed E-state index contributed by atoms with van der Waals surface area (Å²) in [5, 5.41) is 7.72. The number of hydrogen-bond donors (Lipinski definition) is 2. The molecule has 0 spiro atoms. The molecule has 3 aromatic rings. The lowest BCUT2D eigenvalue weighted by Gasteiger charge is -2.11. The monoisotopic (exact) mass is 456 g/mol. The average molecular weight is 457 g/mol. The molecule has 0 aliphatic heterocycles. The third-order valence-electron chi connectivity index (χ3n) is 4.97. The lowest BCUT2D eigenvalue weighted by atomic mass is 10.1. The van der Waals surface area contributed by atoms with E-state index in [1.54, 1.807) is 24.3 Å². The first-order chi connectivity index (χ1) is 14.8. The Morgan fingerprint density at radius 2 is 1.84 bits per heavy atom. The molecule has 8 heteroatoms. The predicted octanol–water partition coefficient (Wildman–Crippen LogP) is 5.65. The molecule has 0 radical (unpaired) electrons. The maximum Gasteiger partial charge on any atom is 0.234 e. The summed E-state index contributed by atoms with van der Waals surface area (Å²) in [4.78, 5) is 36.0. The summed E-state index contributed by atoms with van der Waals surface area (Å²) in [5.74, 6) is 0.902. The Kier molecular flexibility index (Phi) is 7.67. The fourth-order valence-corrected chi connectivity index (χ4v) is 5.12. The molecule has 3 rings (SSSR count). The fourth-order valence-electron chi connectivity index (χ4n) is 3.10. The van der Waals surface area contributed by atoms with E-state index in [0.717, 1.165) is 39.5 Å². The fraction of sp³-hybridized carbons (Fsp3) is 0.391. The first-order valence-electron chi connectivity index (χ1n) is 10.4. The smallest absolute Gasteiger partial charge is 0.234 e. The Labute approximate surface area is 191 Å². The summed E-state index contributed by atoms with van der Waals surface area (Å²) in [7, 11) is 0. The van der Waals surface area contributed by atoms with Crippen molar-refractivity contribution in [3.8, 4) is 0 Å². The van der Waals surface area contributed by atoms with Crippen LogP contribution < -0.4 is 10.6 Å². The molecule has 6 nitrogen and oxygen atoms in total. The summed E-state index contributed by atoms with van der Waals surface area (Å²) in [6, 6.07) is 5.52. The minimum Gasteiger partial charge on any atom is -0.326 e. The standard InChI is InChI=1S/C23H28N4O2S2/c1-6-8-18-26-22(21-14(4)15(5)31-23(21)27-18)30-12-20(29)24-16-10-9-13(3)17(11-16)25-19(28)7-2/h9-11H,6-8,12H2,1-5H3,(H,24,29)(H,25,28). The van der Waals surface area contributed by atoms with E-state index in [-0.39, 0.29) is 17.6 Å². The van der Waals surface area contributed by atoms with Gasteiger partial charge in [-0.05, 0) is 50.5 Å². The molecule has 2 heterocycles. The lowest BCUT2D eigenvalue weighted by Crippen LogP contribution is -2.15. The summed E-state index contributed by atoms with van der Waals surface area (Å²) in [5.41, 5.74) is 3.50. The van der Waals surface area contributed by atoms with Crippen molar-refractivity contribution < 1.29 is 9.59 Å². The third kappa shape index (κ3) is 5.62. The molecule has 2 amide bonds. The first-order valence-corrected chi connectivity index (χ1v) is 12.2. The van der Waals surface area contributed by atoms with Gasteiger partial charge in [0.2, 0.25) is 11.8 Å². The largest absolute Gasteiger partial charge is 0.326 e. The van der Waals surface area contributed by atoms with Gasteiger partial charge in [0.25, 0.3) is 0 Å². The van der Waals surface area contributed by atoms with Gasteiger partial charge in [0, 0.05) is 34.5 Å². The number of thiophene rings is 1. The summed E-state index contributed by atoms with van der Waals surface area (Å²) < 4.78 is 0. The Bertz CT molecular complexity index is 1120. The molecule has 31 heavy (non-hydrogen) atoms. The molecule has 164 valence electrons. The molecule has 0 aliphatic rings. The van der Waals surface area contributed by atoms with Crippen LogP contribution in [-0.2, 0) is 16.0 Å². The van der Waals surface area contributed by atoms with Gasteiger partial charge in [-0.3, -0.25) is 9.59 Å². The normalized spacial score (nSPS) is 11.0. The molecule has 0 fully saturated rings. The highest BCUT2D eigenvalue weighted by Gasteiger charge is 2.16. The molecule has 0 aliphatic carbocycles. The number of rotatable bonds is 8. The first kappa shape index (κ1) is 23.2. The van der Waals surface area contributed by atoms with Crippen molar-refractivity contribution in [3.05, 3.63) is 40.0 Å². The van der Waals surface area contributed by atoms with Gasteiger partial charge in [-0.2, -0.15) is 0 Å². The number of nitrogens with one attached hydrogen (secondary N) is 2. The number of carbonyl (C=O) groups excluding carboxylic acids is 2. The number of thioether (sulfide) groups is 1. The van der Waals surface area contributed by atoms with Crippen molar-refractivity contribution in [1.29, 1.82) is 0 Å². The number of hydrogen-bond acceptors (Lipinski definition) is 6. The van der Waals surface area contributed by atoms with Gasteiger partial charge in [-0.15, -0.1) is 11.3 Å². The quantitative estimate of drug-likeness (QED) is 0.338. The van der Waals surface area contributed by atoms with Gasteiger partial charge in [-0.1, -0.05) is 31.7 Å². The average Bonchev–Trinajstić information content (AvgIpc) is 3.02. The van der Waals surface area contributed by atoms with Crippen LogP contribution in [0.3, 0.4) is 0 Å². The molecule has 2 N–H and O–H groups in total. The van der Waals surface area contributed by atoms with E-state index < -0.39 is 0 Å². The van der Waals surface area contributed by atoms with Gasteiger partial charge >= 0.3 is 0 Å². The lowest BCUT2D eigenvalue weighted by molar-refractivity contribution is -0.116. The maximum absolute atomic E-state index is 12.6. The highest BCUT2D eigenvalue weighted by Crippen LogP contribution is 2.35. The number of benzene rings is 1. The summed E-state index contributed by atoms with van der Waals surface area (Å²) in [6.07, 6.45) is 2.20. The Hall–Kier alpha value is -2.45. The van der Waals surface area contributed by atoms with Crippen molar-refractivity contribution in [3.63, 3.8) is 0 Å². The van der Waals surface area contributed by atoms with Crippen LogP contribution in [0.5, 0.6) is 0 Å². The number of fused-ring (bicyclic) bond motifs is 1. The van der Waals surface area contributed by atoms with Gasteiger partial charge in [0.15, 0.2) is 0 Å². The highest BCUT2D eigenvalue weighted by atomic mass is 32.2. The minimum absolute atomic E-state index is 0.0563. The van der Waals surface area contributed by atoms with Crippen LogP contribution >= 0.6 is 23.1 Å². The van der Waals surface area contributed by atoms with Gasteiger partial charge in [-0.25, -0.2) is 9.97 Å². The zero-order valence-corrected chi connectivity index (χ0v) is 20.2. The molecule has 0 unspecified atom stereocenters. The van der Waals surface area contributed by atoms with E-state index in [2.05, 4.69) is 31.4 Å². The molecule has 0 saturated carbocycles. The molecular formula is C23H28N4O2S2. The molecule has 0 saturated heterocycles.